The number of aliphatic hydroxyl groups is 1. The highest BCUT2D eigenvalue weighted by Gasteiger charge is 2.36. The smallest absolute Gasteiger partial charge is 0.406 e. The molecule has 0 radical (unpaired) electrons. The van der Waals surface area contributed by atoms with Crippen molar-refractivity contribution in [3.05, 3.63) is 41.0 Å². The van der Waals surface area contributed by atoms with E-state index in [9.17, 15) is 18.3 Å². The van der Waals surface area contributed by atoms with E-state index in [1.54, 1.807) is 12.1 Å². The summed E-state index contributed by atoms with van der Waals surface area (Å²) in [5.41, 5.74) is 4.70. The van der Waals surface area contributed by atoms with Gasteiger partial charge in [0, 0.05) is 19.2 Å². The van der Waals surface area contributed by atoms with Crippen molar-refractivity contribution in [2.45, 2.75) is 24.8 Å². The van der Waals surface area contributed by atoms with Crippen molar-refractivity contribution in [2.75, 3.05) is 23.7 Å². The van der Waals surface area contributed by atoms with Crippen LogP contribution in [0.15, 0.2) is 30.3 Å². The summed E-state index contributed by atoms with van der Waals surface area (Å²) in [7, 11) is 0. The lowest BCUT2D eigenvalue weighted by Crippen LogP contribution is -2.43. The Bertz CT molecular complexity index is 775. The molecule has 0 bridgehead atoms. The molecule has 1 aromatic carbocycles. The molecule has 0 spiro atoms. The Morgan fingerprint density at radius 1 is 1.19 bits per heavy atom. The maximum absolute atomic E-state index is 12.4. The minimum absolute atomic E-state index is 0.0466. The fraction of sp³-hybridized carbons (Fsp3) is 0.375. The zero-order valence-corrected chi connectivity index (χ0v) is 14.3. The van der Waals surface area contributed by atoms with Gasteiger partial charge in [-0.25, -0.2) is 4.98 Å². The number of piperidine rings is 1. The summed E-state index contributed by atoms with van der Waals surface area (Å²) in [5, 5.41) is 11.1. The van der Waals surface area contributed by atoms with Crippen LogP contribution >= 0.6 is 11.6 Å². The van der Waals surface area contributed by atoms with E-state index in [1.807, 2.05) is 4.90 Å². The number of nitrogen functional groups attached to an aromatic ring is 1. The van der Waals surface area contributed by atoms with Gasteiger partial charge in [-0.15, -0.1) is 13.2 Å². The molecule has 1 aliphatic heterocycles. The van der Waals surface area contributed by atoms with Crippen LogP contribution in [0.1, 0.15) is 18.4 Å². The van der Waals surface area contributed by atoms with Crippen LogP contribution in [-0.4, -0.2) is 34.5 Å². The lowest BCUT2D eigenvalue weighted by molar-refractivity contribution is -0.274. The molecule has 0 saturated carbocycles. The molecule has 2 heterocycles. The molecule has 26 heavy (non-hydrogen) atoms. The maximum Gasteiger partial charge on any atom is 0.573 e. The van der Waals surface area contributed by atoms with Crippen LogP contribution in [0.25, 0.3) is 0 Å². The van der Waals surface area contributed by atoms with Gasteiger partial charge in [0.2, 0.25) is 5.95 Å². The molecule has 3 N–H and O–H groups in total. The Morgan fingerprint density at radius 3 is 2.50 bits per heavy atom. The van der Waals surface area contributed by atoms with Crippen molar-refractivity contribution in [1.29, 1.82) is 0 Å². The number of nitrogens with zero attached hydrogens (tertiary/aromatic N) is 3. The summed E-state index contributed by atoms with van der Waals surface area (Å²) in [6.45, 7) is 0.848. The highest BCUT2D eigenvalue weighted by molar-refractivity contribution is 6.29. The van der Waals surface area contributed by atoms with Gasteiger partial charge >= 0.3 is 6.36 Å². The number of aromatic nitrogens is 2. The van der Waals surface area contributed by atoms with Crippen molar-refractivity contribution >= 4 is 23.4 Å². The summed E-state index contributed by atoms with van der Waals surface area (Å²) in [5.74, 6) is 0.227. The monoisotopic (exact) mass is 388 g/mol. The molecule has 1 aromatic heterocycles. The number of ether oxygens (including phenoxy) is 1. The fourth-order valence-corrected chi connectivity index (χ4v) is 3.15. The van der Waals surface area contributed by atoms with Crippen molar-refractivity contribution in [3.8, 4) is 5.75 Å². The number of hydrogen-bond acceptors (Lipinski definition) is 6. The Labute approximate surface area is 152 Å². The molecule has 1 saturated heterocycles. The standard InChI is InChI=1S/C16H16ClF3N4O2/c17-12-9-13(23-14(21)22-12)24-6-4-15(25,5-7-24)10-2-1-3-11(8-10)26-16(18,19)20/h1-3,8-9,25H,4-7H2,(H2,21,22,23). The van der Waals surface area contributed by atoms with Crippen molar-refractivity contribution in [3.63, 3.8) is 0 Å². The van der Waals surface area contributed by atoms with E-state index in [1.165, 1.54) is 18.2 Å². The third kappa shape index (κ3) is 4.28. The molecule has 2 aromatic rings. The second-order valence-electron chi connectivity index (χ2n) is 6.00. The third-order valence-electron chi connectivity index (χ3n) is 4.22. The normalized spacial score (nSPS) is 17.2. The molecule has 0 amide bonds. The number of anilines is 2. The van der Waals surface area contributed by atoms with Gasteiger partial charge in [0.25, 0.3) is 0 Å². The van der Waals surface area contributed by atoms with Crippen LogP contribution in [0, 0.1) is 0 Å². The summed E-state index contributed by atoms with van der Waals surface area (Å²) in [6, 6.07) is 6.98. The number of alkyl halides is 3. The number of rotatable bonds is 3. The molecule has 1 fully saturated rings. The molecule has 140 valence electrons. The van der Waals surface area contributed by atoms with Crippen LogP contribution in [0.5, 0.6) is 5.75 Å². The molecule has 0 unspecified atom stereocenters. The first kappa shape index (κ1) is 18.5. The molecule has 6 nitrogen and oxygen atoms in total. The largest absolute Gasteiger partial charge is 0.573 e. The van der Waals surface area contributed by atoms with Gasteiger partial charge in [-0.1, -0.05) is 23.7 Å². The van der Waals surface area contributed by atoms with E-state index < -0.39 is 12.0 Å². The van der Waals surface area contributed by atoms with Crippen LogP contribution in [0.3, 0.4) is 0 Å². The van der Waals surface area contributed by atoms with E-state index in [-0.39, 0.29) is 16.9 Å². The van der Waals surface area contributed by atoms with Gasteiger partial charge in [-0.2, -0.15) is 4.98 Å². The quantitative estimate of drug-likeness (QED) is 0.786. The number of hydrogen-bond donors (Lipinski definition) is 2. The zero-order valence-electron chi connectivity index (χ0n) is 13.5. The van der Waals surface area contributed by atoms with E-state index in [0.29, 0.717) is 37.3 Å². The van der Waals surface area contributed by atoms with Crippen LogP contribution in [0.4, 0.5) is 24.9 Å². The Morgan fingerprint density at radius 2 is 1.88 bits per heavy atom. The number of benzene rings is 1. The van der Waals surface area contributed by atoms with Gasteiger partial charge < -0.3 is 20.5 Å². The molecule has 0 atom stereocenters. The Balaban J connectivity index is 1.74. The van der Waals surface area contributed by atoms with Crippen molar-refractivity contribution < 1.29 is 23.0 Å². The minimum Gasteiger partial charge on any atom is -0.406 e. The SMILES string of the molecule is Nc1nc(Cl)cc(N2CCC(O)(c3cccc(OC(F)(F)F)c3)CC2)n1. The maximum atomic E-state index is 12.4. The topological polar surface area (TPSA) is 84.5 Å². The zero-order chi connectivity index (χ0) is 18.9. The Kier molecular flexibility index (Phi) is 4.85. The van der Waals surface area contributed by atoms with E-state index in [2.05, 4.69) is 14.7 Å². The van der Waals surface area contributed by atoms with Gasteiger partial charge in [-0.05, 0) is 30.5 Å². The van der Waals surface area contributed by atoms with Gasteiger partial charge in [-0.3, -0.25) is 0 Å². The first-order valence-electron chi connectivity index (χ1n) is 7.78. The van der Waals surface area contributed by atoms with Crippen LogP contribution in [0.2, 0.25) is 5.15 Å². The highest BCUT2D eigenvalue weighted by atomic mass is 35.5. The molecule has 10 heteroatoms. The van der Waals surface area contributed by atoms with E-state index in [0.717, 1.165) is 0 Å². The van der Waals surface area contributed by atoms with E-state index >= 15 is 0 Å². The summed E-state index contributed by atoms with van der Waals surface area (Å²) < 4.78 is 41.1. The molecular formula is C16H16ClF3N4O2. The van der Waals surface area contributed by atoms with Crippen molar-refractivity contribution in [1.82, 2.24) is 9.97 Å². The summed E-state index contributed by atoms with van der Waals surface area (Å²) in [4.78, 5) is 9.79. The average molecular weight is 389 g/mol. The first-order chi connectivity index (χ1) is 12.1. The fourth-order valence-electron chi connectivity index (χ4n) is 2.96. The average Bonchev–Trinajstić information content (AvgIpc) is 2.53. The van der Waals surface area contributed by atoms with Gasteiger partial charge in [0.1, 0.15) is 16.7 Å². The number of nitrogens with two attached hydrogens (primary N) is 1. The van der Waals surface area contributed by atoms with Gasteiger partial charge in [0.15, 0.2) is 0 Å². The molecule has 1 aliphatic rings. The van der Waals surface area contributed by atoms with E-state index in [4.69, 9.17) is 17.3 Å². The number of halogens is 4. The first-order valence-corrected chi connectivity index (χ1v) is 8.16. The molecule has 3 rings (SSSR count). The Hall–Kier alpha value is -2.26. The molecule has 0 aliphatic carbocycles. The summed E-state index contributed by atoms with van der Waals surface area (Å²) >= 11 is 5.88. The second-order valence-corrected chi connectivity index (χ2v) is 6.39. The van der Waals surface area contributed by atoms with Crippen LogP contribution in [-0.2, 0) is 5.60 Å². The lowest BCUT2D eigenvalue weighted by atomic mass is 9.84. The van der Waals surface area contributed by atoms with Crippen molar-refractivity contribution in [2.24, 2.45) is 0 Å². The predicted octanol–water partition coefficient (Wildman–Crippen LogP) is 3.10. The third-order valence-corrected chi connectivity index (χ3v) is 4.41. The molecular weight excluding hydrogens is 373 g/mol. The lowest BCUT2D eigenvalue weighted by Gasteiger charge is -2.39. The van der Waals surface area contributed by atoms with Gasteiger partial charge in [0.05, 0.1) is 5.60 Å². The highest BCUT2D eigenvalue weighted by Crippen LogP contribution is 2.36. The summed E-state index contributed by atoms with van der Waals surface area (Å²) in [6.07, 6.45) is -4.19. The van der Waals surface area contributed by atoms with Crippen LogP contribution < -0.4 is 15.4 Å². The minimum atomic E-state index is -4.78. The second kappa shape index (κ2) is 6.81. The predicted molar refractivity (Wildman–Crippen MR) is 89.9 cm³/mol.